The zero-order chi connectivity index (χ0) is 26.2. The number of hydrogen-bond donors (Lipinski definition) is 5. The molecule has 2 aromatic heterocycles. The number of ether oxygens (including phenoxy) is 1. The van der Waals surface area contributed by atoms with Crippen LogP contribution in [-0.2, 0) is 38.0 Å². The van der Waals surface area contributed by atoms with Crippen molar-refractivity contribution in [2.24, 2.45) is 5.73 Å². The van der Waals surface area contributed by atoms with Gasteiger partial charge in [-0.1, -0.05) is 18.6 Å². The molecule has 1 fully saturated rings. The molecule has 0 amide bonds. The van der Waals surface area contributed by atoms with Crippen molar-refractivity contribution in [1.29, 1.82) is 0 Å². The lowest BCUT2D eigenvalue weighted by Gasteiger charge is -2.18. The summed E-state index contributed by atoms with van der Waals surface area (Å²) in [6.45, 7) is 1.16. The van der Waals surface area contributed by atoms with Crippen molar-refractivity contribution in [3.05, 3.63) is 28.9 Å². The number of aryl methyl sites for hydroxylation is 1. The Morgan fingerprint density at radius 1 is 1.20 bits per heavy atom. The van der Waals surface area contributed by atoms with E-state index in [2.05, 4.69) is 28.6 Å². The lowest BCUT2D eigenvalue weighted by molar-refractivity contribution is -0.0168. The fourth-order valence-electron chi connectivity index (χ4n) is 2.92. The summed E-state index contributed by atoms with van der Waals surface area (Å²) in [4.78, 5) is 48.8. The fourth-order valence-corrected chi connectivity index (χ4v) is 6.08. The smallest absolute Gasteiger partial charge is 0.374 e. The molecular weight excluding hydrogens is 557 g/mol. The summed E-state index contributed by atoms with van der Waals surface area (Å²) in [5.41, 5.74) is 5.64. The topological polar surface area (TPSA) is 261 Å². The summed E-state index contributed by atoms with van der Waals surface area (Å²) in [5, 5.41) is 11.9. The molecule has 18 nitrogen and oxygen atoms in total. The molecule has 0 aromatic carbocycles. The predicted molar refractivity (Wildman–Crippen MR) is 118 cm³/mol. The lowest BCUT2D eigenvalue weighted by Crippen LogP contribution is -2.32. The van der Waals surface area contributed by atoms with Crippen molar-refractivity contribution in [2.45, 2.75) is 32.1 Å². The molecule has 6 N–H and O–H groups in total. The number of nitrogens with zero attached hydrogens (tertiary/aromatic N) is 5. The number of nitrogens with two attached hydrogens (primary N) is 1. The van der Waals surface area contributed by atoms with Crippen molar-refractivity contribution in [2.75, 3.05) is 6.61 Å². The zero-order valence-corrected chi connectivity index (χ0v) is 21.0. The van der Waals surface area contributed by atoms with Gasteiger partial charge in [-0.3, -0.25) is 9.32 Å². The number of hydrogen-bond acceptors (Lipinski definition) is 12. The van der Waals surface area contributed by atoms with Gasteiger partial charge >= 0.3 is 23.5 Å². The fraction of sp³-hybridized carbons (Fsp3) is 0.462. The second kappa shape index (κ2) is 10.5. The number of phosphoric acid groups is 3. The van der Waals surface area contributed by atoms with Crippen molar-refractivity contribution in [1.82, 2.24) is 24.8 Å². The zero-order valence-electron chi connectivity index (χ0n) is 17.5. The van der Waals surface area contributed by atoms with Crippen LogP contribution in [0.4, 0.5) is 0 Å². The first-order valence-corrected chi connectivity index (χ1v) is 14.3. The van der Waals surface area contributed by atoms with Gasteiger partial charge in [-0.25, -0.2) is 13.7 Å². The summed E-state index contributed by atoms with van der Waals surface area (Å²) in [7, 11) is -16.5. The van der Waals surface area contributed by atoms with E-state index in [1.54, 1.807) is 0 Å². The van der Waals surface area contributed by atoms with Crippen LogP contribution in [-0.4, -0.2) is 62.2 Å². The molecule has 2 radical (unpaired) electrons. The van der Waals surface area contributed by atoms with E-state index in [0.717, 1.165) is 9.36 Å². The predicted octanol–water partition coefficient (Wildman–Crippen LogP) is -0.319. The molecule has 22 heteroatoms. The minimum Gasteiger partial charge on any atom is -0.374 e. The normalized spacial score (nSPS) is 22.2. The van der Waals surface area contributed by atoms with Gasteiger partial charge in [0.25, 0.3) is 5.56 Å². The molecule has 4 atom stereocenters. The molecular formula is C13H19N6O12P3S. The van der Waals surface area contributed by atoms with E-state index in [9.17, 15) is 23.4 Å². The number of fused-ring (bicyclic) bond motifs is 1. The Bertz CT molecular complexity index is 1330. The first-order chi connectivity index (χ1) is 16.1. The maximum Gasteiger partial charge on any atom is 0.490 e. The molecule has 194 valence electrons. The van der Waals surface area contributed by atoms with E-state index in [0.29, 0.717) is 18.5 Å². The van der Waals surface area contributed by atoms with Crippen LogP contribution in [0.1, 0.15) is 25.3 Å². The second-order valence-corrected chi connectivity index (χ2v) is 11.7. The Hall–Kier alpha value is -1.46. The van der Waals surface area contributed by atoms with E-state index < -0.39 is 48.0 Å². The largest absolute Gasteiger partial charge is 0.490 e. The first-order valence-electron chi connectivity index (χ1n) is 9.41. The molecule has 0 aliphatic carbocycles. The summed E-state index contributed by atoms with van der Waals surface area (Å²) in [5.74, 6) is 0. The summed E-state index contributed by atoms with van der Waals surface area (Å²) >= 11 is 4.95. The Morgan fingerprint density at radius 2 is 1.89 bits per heavy atom. The van der Waals surface area contributed by atoms with Crippen LogP contribution < -0.4 is 11.3 Å². The molecule has 4 unspecified atom stereocenters. The SMILES string of the molecule is CCCc1nn(C(N)=S)c2c(=O)n(C3[CH][CH]C(COP(=O)(O)OP(=O)(O)OP(=O)(O)O)O3)nnc12. The van der Waals surface area contributed by atoms with Crippen molar-refractivity contribution in [3.63, 3.8) is 0 Å². The third-order valence-corrected chi connectivity index (χ3v) is 8.12. The molecule has 1 aliphatic rings. The van der Waals surface area contributed by atoms with Gasteiger partial charge in [-0.15, -0.1) is 5.10 Å². The van der Waals surface area contributed by atoms with Crippen LogP contribution in [0.5, 0.6) is 0 Å². The van der Waals surface area contributed by atoms with E-state index in [1.807, 2.05) is 6.92 Å². The number of aromatic nitrogens is 5. The molecule has 2 aromatic rings. The highest BCUT2D eigenvalue weighted by molar-refractivity contribution is 7.80. The Balaban J connectivity index is 1.72. The third kappa shape index (κ3) is 7.07. The molecule has 1 aliphatic heterocycles. The molecule has 3 rings (SSSR count). The van der Waals surface area contributed by atoms with Crippen LogP contribution >= 0.6 is 35.7 Å². The summed E-state index contributed by atoms with van der Waals surface area (Å²) in [6.07, 6.45) is 1.65. The molecule has 0 spiro atoms. The first kappa shape index (κ1) is 28.1. The van der Waals surface area contributed by atoms with Crippen LogP contribution in [0.2, 0.25) is 0 Å². The Kier molecular flexibility index (Phi) is 8.43. The van der Waals surface area contributed by atoms with Gasteiger partial charge in [0, 0.05) is 12.8 Å². The van der Waals surface area contributed by atoms with Crippen LogP contribution in [0, 0.1) is 12.8 Å². The number of rotatable bonds is 10. The van der Waals surface area contributed by atoms with Gasteiger partial charge in [0.15, 0.2) is 16.9 Å². The van der Waals surface area contributed by atoms with Gasteiger partial charge in [-0.05, 0) is 18.6 Å². The minimum atomic E-state index is -5.66. The highest BCUT2D eigenvalue weighted by Crippen LogP contribution is 2.66. The van der Waals surface area contributed by atoms with Crippen LogP contribution in [0.25, 0.3) is 11.0 Å². The lowest BCUT2D eigenvalue weighted by atomic mass is 10.2. The van der Waals surface area contributed by atoms with E-state index in [1.165, 1.54) is 12.8 Å². The summed E-state index contributed by atoms with van der Waals surface area (Å²) in [6, 6.07) is 0. The van der Waals surface area contributed by atoms with E-state index in [-0.39, 0.29) is 16.1 Å². The standard InChI is InChI=1S/C13H19N6O12P3S/c1-2-3-8-10-11(19(16-8)13(14)35)12(20)18(17-15-10)9-5-4-7(29-9)6-28-33(24,25)31-34(26,27)30-32(21,22)23/h4-5,7,9H,2-3,6H2,1H3,(H2,14,35)(H,24,25)(H,26,27)(H2,21,22,23). The van der Waals surface area contributed by atoms with Gasteiger partial charge in [-0.2, -0.15) is 23.1 Å². The minimum absolute atomic E-state index is 0.0235. The number of thiocarbonyl (C=S) groups is 1. The maximum absolute atomic E-state index is 13.1. The van der Waals surface area contributed by atoms with Crippen molar-refractivity contribution < 1.29 is 51.2 Å². The summed E-state index contributed by atoms with van der Waals surface area (Å²) < 4.78 is 53.0. The number of phosphoric ester groups is 1. The van der Waals surface area contributed by atoms with E-state index in [4.69, 9.17) is 37.4 Å². The van der Waals surface area contributed by atoms with Gasteiger partial charge in [0.05, 0.1) is 18.4 Å². The molecule has 3 heterocycles. The highest BCUT2D eigenvalue weighted by atomic mass is 32.1. The van der Waals surface area contributed by atoms with Crippen molar-refractivity contribution in [3.8, 4) is 0 Å². The molecule has 0 bridgehead atoms. The third-order valence-electron chi connectivity index (χ3n) is 4.14. The van der Waals surface area contributed by atoms with Crippen molar-refractivity contribution >= 4 is 51.8 Å². The average Bonchev–Trinajstić information content (AvgIpc) is 3.30. The van der Waals surface area contributed by atoms with E-state index >= 15 is 0 Å². The Labute approximate surface area is 201 Å². The van der Waals surface area contributed by atoms with Crippen LogP contribution in [0.3, 0.4) is 0 Å². The van der Waals surface area contributed by atoms with Gasteiger partial charge < -0.3 is 30.0 Å². The second-order valence-electron chi connectivity index (χ2n) is 6.82. The maximum atomic E-state index is 13.1. The molecule has 35 heavy (non-hydrogen) atoms. The van der Waals surface area contributed by atoms with Gasteiger partial charge in [0.2, 0.25) is 0 Å². The Morgan fingerprint density at radius 3 is 2.49 bits per heavy atom. The molecule has 0 saturated carbocycles. The monoisotopic (exact) mass is 576 g/mol. The average molecular weight is 576 g/mol. The quantitative estimate of drug-likeness (QED) is 0.179. The van der Waals surface area contributed by atoms with Crippen LogP contribution in [0.15, 0.2) is 4.79 Å². The van der Waals surface area contributed by atoms with Gasteiger partial charge in [0.1, 0.15) is 5.52 Å². The molecule has 1 saturated heterocycles. The highest BCUT2D eigenvalue weighted by Gasteiger charge is 2.41.